The average Bonchev–Trinajstić information content (AvgIpc) is 3.35. The Morgan fingerprint density at radius 3 is 1.26 bits per heavy atom. The number of carbonyl (C=O) groups excluding carboxylic acids is 3. The molecule has 0 amide bonds. The average molecular weight is 997 g/mol. The van der Waals surface area contributed by atoms with Gasteiger partial charge in [-0.15, -0.1) is 0 Å². The second-order valence-corrected chi connectivity index (χ2v) is 18.4. The largest absolute Gasteiger partial charge is 0.472 e. The molecule has 2 N–H and O–H groups in total. The van der Waals surface area contributed by atoms with Gasteiger partial charge in [-0.2, -0.15) is 0 Å². The van der Waals surface area contributed by atoms with Gasteiger partial charge >= 0.3 is 25.7 Å². The lowest BCUT2D eigenvalue weighted by molar-refractivity contribution is -0.161. The summed E-state index contributed by atoms with van der Waals surface area (Å²) in [4.78, 5) is 48.3. The highest BCUT2D eigenvalue weighted by molar-refractivity contribution is 7.47. The predicted molar refractivity (Wildman–Crippen MR) is 288 cm³/mol. The molecule has 70 heavy (non-hydrogen) atoms. The van der Waals surface area contributed by atoms with Gasteiger partial charge in [0.25, 0.3) is 0 Å². The first-order valence-corrected chi connectivity index (χ1v) is 27.9. The minimum atomic E-state index is -4.78. The second-order valence-electron chi connectivity index (χ2n) is 16.9. The van der Waals surface area contributed by atoms with Crippen LogP contribution in [0.5, 0.6) is 0 Å². The summed E-state index contributed by atoms with van der Waals surface area (Å²) in [5.74, 6) is -1.63. The number of ether oxygens (including phenoxy) is 3. The van der Waals surface area contributed by atoms with Crippen LogP contribution in [-0.2, 0) is 42.2 Å². The van der Waals surface area contributed by atoms with Gasteiger partial charge in [0.2, 0.25) is 0 Å². The molecule has 3 unspecified atom stereocenters. The van der Waals surface area contributed by atoms with Gasteiger partial charge in [0, 0.05) is 19.3 Å². The number of allylic oxidation sites excluding steroid dienone is 20. The maximum atomic E-state index is 12.8. The van der Waals surface area contributed by atoms with Gasteiger partial charge in [-0.25, -0.2) is 4.57 Å². The molecular formula is C58H93O11P. The Balaban J connectivity index is 4.89. The SMILES string of the molecule is CC/C=C\C/C=C\C/C=C\C/C=C\C/C=C\C/C=C\CCC(=O)OC(COC(=O)CCCCCCC/C=C\CCCC)COP(=O)(O)OCC(CO)OC(=O)CCCCC/C=C\C/C=C\C/C=C\CC. The lowest BCUT2D eigenvalue weighted by atomic mass is 10.1. The van der Waals surface area contributed by atoms with E-state index >= 15 is 0 Å². The van der Waals surface area contributed by atoms with E-state index < -0.39 is 57.8 Å². The van der Waals surface area contributed by atoms with E-state index in [2.05, 4.69) is 130 Å². The Hall–Kier alpha value is -4.12. The molecule has 0 aliphatic rings. The summed E-state index contributed by atoms with van der Waals surface area (Å²) in [5, 5.41) is 9.77. The highest BCUT2D eigenvalue weighted by Gasteiger charge is 2.28. The number of phosphoric acid groups is 1. The Morgan fingerprint density at radius 2 is 0.771 bits per heavy atom. The highest BCUT2D eigenvalue weighted by atomic mass is 31.2. The standard InChI is InChI=1S/C58H93O11P/c1-4-7-10-13-16-19-22-24-25-26-27-28-29-31-34-37-40-43-46-49-58(62)69-55(51-65-56(60)47-44-41-38-35-32-21-18-15-12-9-6-3)53-67-70(63,64)66-52-54(50-59)68-57(61)48-45-42-39-36-33-30-23-20-17-14-11-8-5-2/h7-8,10-11,15-20,24-25,27-28,30-31,33-34,40,43,54-55,59H,4-6,9,12-14,21-23,26,29,32,35-39,41-42,44-53H2,1-3H3,(H,63,64)/b10-7-,11-8-,18-15-,19-16-,20-17-,25-24-,28-27-,33-30-,34-31-,43-40-. The molecular weight excluding hydrogens is 904 g/mol. The Kier molecular flexibility index (Phi) is 48.2. The monoisotopic (exact) mass is 997 g/mol. The van der Waals surface area contributed by atoms with Crippen molar-refractivity contribution < 1.29 is 52.2 Å². The predicted octanol–water partition coefficient (Wildman–Crippen LogP) is 15.2. The Labute approximate surface area is 424 Å². The number of esters is 3. The second kappa shape index (κ2) is 51.2. The number of phosphoric ester groups is 1. The molecule has 0 aromatic heterocycles. The number of aliphatic hydroxyl groups is 1. The molecule has 396 valence electrons. The van der Waals surface area contributed by atoms with Crippen molar-refractivity contribution in [3.8, 4) is 0 Å². The molecule has 0 aliphatic carbocycles. The van der Waals surface area contributed by atoms with Gasteiger partial charge in [-0.3, -0.25) is 23.4 Å². The van der Waals surface area contributed by atoms with Crippen molar-refractivity contribution in [3.05, 3.63) is 122 Å². The van der Waals surface area contributed by atoms with Crippen LogP contribution in [-0.4, -0.2) is 66.5 Å². The van der Waals surface area contributed by atoms with Gasteiger partial charge in [-0.1, -0.05) is 181 Å². The molecule has 11 nitrogen and oxygen atoms in total. The molecule has 0 aliphatic heterocycles. The number of hydrogen-bond donors (Lipinski definition) is 2. The maximum absolute atomic E-state index is 12.8. The molecule has 0 radical (unpaired) electrons. The summed E-state index contributed by atoms with van der Waals surface area (Å²) >= 11 is 0. The third kappa shape index (κ3) is 48.9. The molecule has 0 saturated carbocycles. The van der Waals surface area contributed by atoms with E-state index in [4.69, 9.17) is 23.3 Å². The van der Waals surface area contributed by atoms with Crippen molar-refractivity contribution in [2.45, 2.75) is 200 Å². The molecule has 0 aromatic carbocycles. The van der Waals surface area contributed by atoms with Crippen LogP contribution in [0.1, 0.15) is 188 Å². The van der Waals surface area contributed by atoms with E-state index in [1.807, 2.05) is 12.2 Å². The van der Waals surface area contributed by atoms with E-state index in [0.29, 0.717) is 25.7 Å². The molecule has 0 rings (SSSR count). The Morgan fingerprint density at radius 1 is 0.414 bits per heavy atom. The number of aliphatic hydroxyl groups excluding tert-OH is 1. The zero-order chi connectivity index (χ0) is 51.3. The summed E-state index contributed by atoms with van der Waals surface area (Å²) in [6.07, 6.45) is 61.9. The van der Waals surface area contributed by atoms with Crippen molar-refractivity contribution in [1.29, 1.82) is 0 Å². The fourth-order valence-electron chi connectivity index (χ4n) is 6.37. The third-order valence-electron chi connectivity index (χ3n) is 10.4. The summed E-state index contributed by atoms with van der Waals surface area (Å²) in [6.45, 7) is 4.21. The van der Waals surface area contributed by atoms with Crippen LogP contribution in [0.3, 0.4) is 0 Å². The molecule has 0 heterocycles. The van der Waals surface area contributed by atoms with Crippen LogP contribution in [0.15, 0.2) is 122 Å². The van der Waals surface area contributed by atoms with Gasteiger partial charge < -0.3 is 24.2 Å². The van der Waals surface area contributed by atoms with Crippen LogP contribution in [0.4, 0.5) is 0 Å². The summed E-state index contributed by atoms with van der Waals surface area (Å²) in [6, 6.07) is 0. The minimum absolute atomic E-state index is 0.0322. The zero-order valence-corrected chi connectivity index (χ0v) is 44.3. The molecule has 12 heteroatoms. The van der Waals surface area contributed by atoms with E-state index in [1.54, 1.807) is 0 Å². The van der Waals surface area contributed by atoms with Crippen molar-refractivity contribution in [2.75, 3.05) is 26.4 Å². The van der Waals surface area contributed by atoms with Crippen LogP contribution in [0.2, 0.25) is 0 Å². The van der Waals surface area contributed by atoms with Gasteiger partial charge in [0.1, 0.15) is 12.7 Å². The summed E-state index contributed by atoms with van der Waals surface area (Å²) < 4.78 is 39.2. The molecule has 0 bridgehead atoms. The first-order chi connectivity index (χ1) is 34.2. The normalized spacial score (nSPS) is 14.4. The van der Waals surface area contributed by atoms with Gasteiger partial charge in [-0.05, 0) is 109 Å². The van der Waals surface area contributed by atoms with Crippen LogP contribution >= 0.6 is 7.82 Å². The van der Waals surface area contributed by atoms with Crippen LogP contribution in [0.25, 0.3) is 0 Å². The van der Waals surface area contributed by atoms with Crippen molar-refractivity contribution in [3.63, 3.8) is 0 Å². The summed E-state index contributed by atoms with van der Waals surface area (Å²) in [7, 11) is -4.78. The Bertz CT molecular complexity index is 1630. The minimum Gasteiger partial charge on any atom is -0.462 e. The molecule has 0 fully saturated rings. The van der Waals surface area contributed by atoms with Gasteiger partial charge in [0.15, 0.2) is 6.10 Å². The van der Waals surface area contributed by atoms with Crippen LogP contribution < -0.4 is 0 Å². The summed E-state index contributed by atoms with van der Waals surface area (Å²) in [5.41, 5.74) is 0. The number of unbranched alkanes of at least 4 members (excludes halogenated alkanes) is 10. The fraction of sp³-hybridized carbons (Fsp3) is 0.603. The smallest absolute Gasteiger partial charge is 0.462 e. The number of hydrogen-bond acceptors (Lipinski definition) is 10. The topological polar surface area (TPSA) is 155 Å². The lowest BCUT2D eigenvalue weighted by Crippen LogP contribution is -2.30. The number of carbonyl (C=O) groups is 3. The quantitative estimate of drug-likeness (QED) is 0.0197. The van der Waals surface area contributed by atoms with Crippen LogP contribution in [0, 0.1) is 0 Å². The molecule has 0 spiro atoms. The van der Waals surface area contributed by atoms with E-state index in [1.165, 1.54) is 12.8 Å². The van der Waals surface area contributed by atoms with Crippen molar-refractivity contribution in [2.24, 2.45) is 0 Å². The van der Waals surface area contributed by atoms with Crippen molar-refractivity contribution in [1.82, 2.24) is 0 Å². The first-order valence-electron chi connectivity index (χ1n) is 26.4. The molecule has 0 saturated heterocycles. The van der Waals surface area contributed by atoms with E-state index in [0.717, 1.165) is 109 Å². The molecule has 3 atom stereocenters. The number of rotatable bonds is 47. The van der Waals surface area contributed by atoms with Crippen molar-refractivity contribution >= 4 is 25.7 Å². The molecule has 0 aromatic rings. The highest BCUT2D eigenvalue weighted by Crippen LogP contribution is 2.43. The third-order valence-corrected chi connectivity index (χ3v) is 11.3. The maximum Gasteiger partial charge on any atom is 0.472 e. The zero-order valence-electron chi connectivity index (χ0n) is 43.4. The fourth-order valence-corrected chi connectivity index (χ4v) is 7.16. The lowest BCUT2D eigenvalue weighted by Gasteiger charge is -2.21. The van der Waals surface area contributed by atoms with E-state index in [9.17, 15) is 28.9 Å². The first kappa shape index (κ1) is 65.9. The van der Waals surface area contributed by atoms with Gasteiger partial charge in [0.05, 0.1) is 19.8 Å². The van der Waals surface area contributed by atoms with E-state index in [-0.39, 0.29) is 25.9 Å².